The molecule has 0 aromatic heterocycles. The van der Waals surface area contributed by atoms with Gasteiger partial charge in [-0.05, 0) is 11.8 Å². The van der Waals surface area contributed by atoms with Gasteiger partial charge in [0.05, 0.1) is 0 Å². The van der Waals surface area contributed by atoms with E-state index in [-0.39, 0.29) is 23.8 Å². The molecule has 1 atom stereocenters. The largest absolute Gasteiger partial charge is 0.396 e. The van der Waals surface area contributed by atoms with Crippen LogP contribution in [0.15, 0.2) is 0 Å². The Morgan fingerprint density at radius 1 is 1.57 bits per heavy atom. The van der Waals surface area contributed by atoms with Crippen LogP contribution in [0, 0.1) is 11.3 Å². The van der Waals surface area contributed by atoms with Gasteiger partial charge in [0.15, 0.2) is 0 Å². The first kappa shape index (κ1) is 11.5. The van der Waals surface area contributed by atoms with E-state index in [1.807, 2.05) is 4.90 Å². The van der Waals surface area contributed by atoms with Crippen molar-refractivity contribution < 1.29 is 9.90 Å². The smallest absolute Gasteiger partial charge is 0.223 e. The first-order valence-electron chi connectivity index (χ1n) is 5.37. The molecule has 1 fully saturated rings. The van der Waals surface area contributed by atoms with E-state index >= 15 is 0 Å². The molecule has 0 aliphatic carbocycles. The number of hydrogen-bond acceptors (Lipinski definition) is 2. The molecule has 1 unspecified atom stereocenters. The molecule has 1 saturated heterocycles. The Morgan fingerprint density at radius 3 is 2.64 bits per heavy atom. The van der Waals surface area contributed by atoms with Crippen molar-refractivity contribution in [3.63, 3.8) is 0 Å². The minimum absolute atomic E-state index is 0.134. The maximum atomic E-state index is 11.6. The fourth-order valence-corrected chi connectivity index (χ4v) is 1.76. The first-order valence-corrected chi connectivity index (χ1v) is 5.37. The van der Waals surface area contributed by atoms with Gasteiger partial charge < -0.3 is 10.0 Å². The van der Waals surface area contributed by atoms with Gasteiger partial charge in [-0.15, -0.1) is 0 Å². The lowest BCUT2D eigenvalue weighted by molar-refractivity contribution is -0.128. The standard InChI is InChI=1S/C11H21NO2/c1-4-11(2,3)8-12-6-9(7-13)5-10(12)14/h9,13H,4-8H2,1-3H3. The van der Waals surface area contributed by atoms with E-state index in [2.05, 4.69) is 20.8 Å². The fraction of sp³-hybridized carbons (Fsp3) is 0.909. The van der Waals surface area contributed by atoms with Crippen molar-refractivity contribution >= 4 is 5.91 Å². The lowest BCUT2D eigenvalue weighted by atomic mass is 9.90. The second-order valence-electron chi connectivity index (χ2n) is 5.04. The van der Waals surface area contributed by atoms with Crippen molar-refractivity contribution in [3.05, 3.63) is 0 Å². The van der Waals surface area contributed by atoms with Gasteiger partial charge in [-0.2, -0.15) is 0 Å². The summed E-state index contributed by atoms with van der Waals surface area (Å²) in [4.78, 5) is 13.4. The summed E-state index contributed by atoms with van der Waals surface area (Å²) < 4.78 is 0. The van der Waals surface area contributed by atoms with Crippen LogP contribution >= 0.6 is 0 Å². The number of carbonyl (C=O) groups excluding carboxylic acids is 1. The summed E-state index contributed by atoms with van der Waals surface area (Å²) in [6.45, 7) is 8.18. The monoisotopic (exact) mass is 199 g/mol. The Bertz CT molecular complexity index is 213. The van der Waals surface area contributed by atoms with Crippen LogP contribution in [0.2, 0.25) is 0 Å². The highest BCUT2D eigenvalue weighted by molar-refractivity contribution is 5.78. The van der Waals surface area contributed by atoms with Crippen molar-refractivity contribution in [3.8, 4) is 0 Å². The van der Waals surface area contributed by atoms with Gasteiger partial charge in [-0.3, -0.25) is 4.79 Å². The number of rotatable bonds is 4. The summed E-state index contributed by atoms with van der Waals surface area (Å²) in [5.41, 5.74) is 0.194. The van der Waals surface area contributed by atoms with Crippen LogP contribution in [-0.4, -0.2) is 35.6 Å². The predicted octanol–water partition coefficient (Wildman–Crippen LogP) is 1.26. The molecule has 1 aliphatic rings. The van der Waals surface area contributed by atoms with Crippen LogP contribution in [0.1, 0.15) is 33.6 Å². The minimum Gasteiger partial charge on any atom is -0.396 e. The zero-order valence-electron chi connectivity index (χ0n) is 9.42. The van der Waals surface area contributed by atoms with Crippen molar-refractivity contribution in [1.29, 1.82) is 0 Å². The van der Waals surface area contributed by atoms with Crippen LogP contribution in [0.5, 0.6) is 0 Å². The zero-order valence-corrected chi connectivity index (χ0v) is 9.42. The molecule has 0 bridgehead atoms. The summed E-state index contributed by atoms with van der Waals surface area (Å²) in [6.07, 6.45) is 1.59. The highest BCUT2D eigenvalue weighted by Crippen LogP contribution is 2.25. The minimum atomic E-state index is 0.134. The maximum absolute atomic E-state index is 11.6. The van der Waals surface area contributed by atoms with Crippen LogP contribution in [0.25, 0.3) is 0 Å². The third-order valence-electron chi connectivity index (χ3n) is 3.13. The van der Waals surface area contributed by atoms with E-state index in [1.54, 1.807) is 0 Å². The number of carbonyl (C=O) groups is 1. The molecule has 0 spiro atoms. The normalized spacial score (nSPS) is 23.3. The van der Waals surface area contributed by atoms with Gasteiger partial charge in [-0.25, -0.2) is 0 Å². The molecule has 1 aliphatic heterocycles. The third kappa shape index (κ3) is 2.71. The Balaban J connectivity index is 2.50. The summed E-state index contributed by atoms with van der Waals surface area (Å²) in [5.74, 6) is 0.362. The summed E-state index contributed by atoms with van der Waals surface area (Å²) in [7, 11) is 0. The van der Waals surface area contributed by atoms with E-state index in [9.17, 15) is 4.79 Å². The highest BCUT2D eigenvalue weighted by atomic mass is 16.3. The lowest BCUT2D eigenvalue weighted by Gasteiger charge is -2.29. The average molecular weight is 199 g/mol. The van der Waals surface area contributed by atoms with Gasteiger partial charge in [0, 0.05) is 32.0 Å². The van der Waals surface area contributed by atoms with Crippen LogP contribution in [0.3, 0.4) is 0 Å². The maximum Gasteiger partial charge on any atom is 0.223 e. The molecule has 0 aromatic carbocycles. The molecule has 3 heteroatoms. The third-order valence-corrected chi connectivity index (χ3v) is 3.13. The fourth-order valence-electron chi connectivity index (χ4n) is 1.76. The average Bonchev–Trinajstić information content (AvgIpc) is 2.47. The number of likely N-dealkylation sites (tertiary alicyclic amines) is 1. The van der Waals surface area contributed by atoms with E-state index in [0.29, 0.717) is 6.42 Å². The van der Waals surface area contributed by atoms with Crippen LogP contribution in [0.4, 0.5) is 0 Å². The summed E-state index contributed by atoms with van der Waals surface area (Å²) in [5, 5.41) is 8.98. The number of amides is 1. The van der Waals surface area contributed by atoms with Gasteiger partial charge in [-0.1, -0.05) is 20.8 Å². The Hall–Kier alpha value is -0.570. The quantitative estimate of drug-likeness (QED) is 0.740. The molecule has 0 radical (unpaired) electrons. The van der Waals surface area contributed by atoms with Crippen LogP contribution in [-0.2, 0) is 4.79 Å². The van der Waals surface area contributed by atoms with Crippen LogP contribution < -0.4 is 0 Å². The van der Waals surface area contributed by atoms with Gasteiger partial charge in [0.2, 0.25) is 5.91 Å². The van der Waals surface area contributed by atoms with Crippen molar-refractivity contribution in [1.82, 2.24) is 4.90 Å². The number of hydrogen-bond donors (Lipinski definition) is 1. The molecule has 0 saturated carbocycles. The van der Waals surface area contributed by atoms with E-state index in [0.717, 1.165) is 19.5 Å². The molecule has 1 amide bonds. The lowest BCUT2D eigenvalue weighted by Crippen LogP contribution is -2.35. The van der Waals surface area contributed by atoms with Crippen molar-refractivity contribution in [2.24, 2.45) is 11.3 Å². The second-order valence-corrected chi connectivity index (χ2v) is 5.04. The topological polar surface area (TPSA) is 40.5 Å². The number of aliphatic hydroxyl groups excluding tert-OH is 1. The number of nitrogens with zero attached hydrogens (tertiary/aromatic N) is 1. The molecular weight excluding hydrogens is 178 g/mol. The Kier molecular flexibility index (Phi) is 3.53. The molecule has 14 heavy (non-hydrogen) atoms. The molecular formula is C11H21NO2. The summed E-state index contributed by atoms with van der Waals surface area (Å²) in [6, 6.07) is 0. The van der Waals surface area contributed by atoms with Gasteiger partial charge in [0.1, 0.15) is 0 Å². The van der Waals surface area contributed by atoms with Gasteiger partial charge >= 0.3 is 0 Å². The molecule has 1 heterocycles. The van der Waals surface area contributed by atoms with E-state index in [1.165, 1.54) is 0 Å². The SMILES string of the molecule is CCC(C)(C)CN1CC(CO)CC1=O. The number of aliphatic hydroxyl groups is 1. The highest BCUT2D eigenvalue weighted by Gasteiger charge is 2.32. The van der Waals surface area contributed by atoms with E-state index in [4.69, 9.17) is 5.11 Å². The second kappa shape index (κ2) is 4.30. The van der Waals surface area contributed by atoms with Crippen molar-refractivity contribution in [2.45, 2.75) is 33.6 Å². The van der Waals surface area contributed by atoms with Crippen molar-refractivity contribution in [2.75, 3.05) is 19.7 Å². The van der Waals surface area contributed by atoms with Gasteiger partial charge in [0.25, 0.3) is 0 Å². The molecule has 82 valence electrons. The zero-order chi connectivity index (χ0) is 10.8. The molecule has 1 N–H and O–H groups in total. The Labute approximate surface area is 86.1 Å². The van der Waals surface area contributed by atoms with E-state index < -0.39 is 0 Å². The predicted molar refractivity (Wildman–Crippen MR) is 55.8 cm³/mol. The molecule has 1 rings (SSSR count). The Morgan fingerprint density at radius 2 is 2.21 bits per heavy atom. The summed E-state index contributed by atoms with van der Waals surface area (Å²) >= 11 is 0. The first-order chi connectivity index (χ1) is 6.48. The molecule has 0 aromatic rings. The molecule has 3 nitrogen and oxygen atoms in total.